The van der Waals surface area contributed by atoms with Crippen molar-refractivity contribution in [2.45, 2.75) is 40.3 Å². The first-order valence-electron chi connectivity index (χ1n) is 11.2. The van der Waals surface area contributed by atoms with Crippen LogP contribution in [0.3, 0.4) is 0 Å². The largest absolute Gasteiger partial charge is 0.490 e. The van der Waals surface area contributed by atoms with E-state index in [0.29, 0.717) is 55.7 Å². The van der Waals surface area contributed by atoms with Gasteiger partial charge in [0.1, 0.15) is 0 Å². The molecule has 1 fully saturated rings. The number of benzene rings is 2. The van der Waals surface area contributed by atoms with E-state index < -0.39 is 0 Å². The first-order valence-corrected chi connectivity index (χ1v) is 11.2. The number of nitrogens with zero attached hydrogens (tertiary/aromatic N) is 2. The van der Waals surface area contributed by atoms with Gasteiger partial charge >= 0.3 is 0 Å². The number of carbonyl (C=O) groups is 1. The Labute approximate surface area is 185 Å². The van der Waals surface area contributed by atoms with Crippen molar-refractivity contribution in [3.8, 4) is 17.2 Å². The predicted octanol–water partition coefficient (Wildman–Crippen LogP) is 4.23. The van der Waals surface area contributed by atoms with Crippen LogP contribution in [-0.4, -0.2) is 61.2 Å². The molecule has 0 aromatic heterocycles. The van der Waals surface area contributed by atoms with Gasteiger partial charge in [-0.3, -0.25) is 9.69 Å². The van der Waals surface area contributed by atoms with Gasteiger partial charge < -0.3 is 19.1 Å². The standard InChI is InChI=1S/C25H34N2O4/c1-5-29-22-15-21(16-23(30-6-2)24(22)31-7-3)25(28)27-14-13-26(19(4)17-27)18-20-11-9-8-10-12-20/h8-12,15-16,19H,5-7,13-14,17-18H2,1-4H3. The molecule has 1 aliphatic rings. The lowest BCUT2D eigenvalue weighted by molar-refractivity contribution is 0.0494. The third-order valence-corrected chi connectivity index (χ3v) is 5.44. The highest BCUT2D eigenvalue weighted by atomic mass is 16.5. The maximum Gasteiger partial charge on any atom is 0.254 e. The van der Waals surface area contributed by atoms with Gasteiger partial charge in [-0.25, -0.2) is 0 Å². The zero-order valence-corrected chi connectivity index (χ0v) is 19.1. The van der Waals surface area contributed by atoms with E-state index in [2.05, 4.69) is 36.1 Å². The Morgan fingerprint density at radius 3 is 2.10 bits per heavy atom. The third kappa shape index (κ3) is 5.70. The molecule has 0 spiro atoms. The molecule has 1 amide bonds. The van der Waals surface area contributed by atoms with Crippen LogP contribution in [0.25, 0.3) is 0 Å². The van der Waals surface area contributed by atoms with Crippen molar-refractivity contribution in [2.75, 3.05) is 39.5 Å². The van der Waals surface area contributed by atoms with Crippen molar-refractivity contribution < 1.29 is 19.0 Å². The van der Waals surface area contributed by atoms with Crippen molar-refractivity contribution in [1.82, 2.24) is 9.80 Å². The molecule has 31 heavy (non-hydrogen) atoms. The average molecular weight is 427 g/mol. The Morgan fingerprint density at radius 2 is 1.55 bits per heavy atom. The first-order chi connectivity index (χ1) is 15.1. The molecule has 1 atom stereocenters. The second-order valence-electron chi connectivity index (χ2n) is 7.66. The Hall–Kier alpha value is -2.73. The van der Waals surface area contributed by atoms with Gasteiger partial charge in [0.05, 0.1) is 19.8 Å². The summed E-state index contributed by atoms with van der Waals surface area (Å²) >= 11 is 0. The molecular formula is C25H34N2O4. The van der Waals surface area contributed by atoms with E-state index in [1.165, 1.54) is 5.56 Å². The summed E-state index contributed by atoms with van der Waals surface area (Å²) < 4.78 is 17.3. The predicted molar refractivity (Wildman–Crippen MR) is 122 cm³/mol. The maximum atomic E-state index is 13.3. The van der Waals surface area contributed by atoms with E-state index in [9.17, 15) is 4.79 Å². The fraction of sp³-hybridized carbons (Fsp3) is 0.480. The van der Waals surface area contributed by atoms with Crippen LogP contribution in [-0.2, 0) is 6.54 Å². The van der Waals surface area contributed by atoms with Crippen molar-refractivity contribution in [2.24, 2.45) is 0 Å². The molecule has 6 heteroatoms. The second kappa shape index (κ2) is 11.0. The van der Waals surface area contributed by atoms with Crippen LogP contribution < -0.4 is 14.2 Å². The van der Waals surface area contributed by atoms with Crippen LogP contribution in [0.4, 0.5) is 0 Å². The van der Waals surface area contributed by atoms with Crippen molar-refractivity contribution in [3.05, 3.63) is 53.6 Å². The van der Waals surface area contributed by atoms with E-state index in [0.717, 1.165) is 13.1 Å². The maximum absolute atomic E-state index is 13.3. The summed E-state index contributed by atoms with van der Waals surface area (Å²) in [6.07, 6.45) is 0. The Balaban J connectivity index is 1.76. The fourth-order valence-corrected chi connectivity index (χ4v) is 3.93. The van der Waals surface area contributed by atoms with E-state index in [-0.39, 0.29) is 11.9 Å². The average Bonchev–Trinajstić information content (AvgIpc) is 2.77. The molecular weight excluding hydrogens is 392 g/mol. The molecule has 3 rings (SSSR count). The van der Waals surface area contributed by atoms with Gasteiger partial charge in [-0.2, -0.15) is 0 Å². The number of hydrogen-bond acceptors (Lipinski definition) is 5. The molecule has 2 aromatic carbocycles. The molecule has 6 nitrogen and oxygen atoms in total. The molecule has 0 N–H and O–H groups in total. The molecule has 1 aliphatic heterocycles. The minimum Gasteiger partial charge on any atom is -0.490 e. The highest BCUT2D eigenvalue weighted by molar-refractivity contribution is 5.95. The first kappa shape index (κ1) is 22.9. The van der Waals surface area contributed by atoms with Crippen LogP contribution >= 0.6 is 0 Å². The zero-order chi connectivity index (χ0) is 22.2. The smallest absolute Gasteiger partial charge is 0.254 e. The molecule has 1 unspecified atom stereocenters. The molecule has 0 radical (unpaired) electrons. The van der Waals surface area contributed by atoms with E-state index >= 15 is 0 Å². The minimum atomic E-state index is -0.00355. The molecule has 1 heterocycles. The summed E-state index contributed by atoms with van der Waals surface area (Å²) in [5, 5.41) is 0. The van der Waals surface area contributed by atoms with Crippen LogP contribution in [0, 0.1) is 0 Å². The minimum absolute atomic E-state index is 0.00355. The molecule has 0 bridgehead atoms. The number of rotatable bonds is 9. The van der Waals surface area contributed by atoms with Crippen molar-refractivity contribution in [1.29, 1.82) is 0 Å². The summed E-state index contributed by atoms with van der Waals surface area (Å²) in [5.41, 5.74) is 1.86. The van der Waals surface area contributed by atoms with E-state index in [4.69, 9.17) is 14.2 Å². The van der Waals surface area contributed by atoms with Gasteiger partial charge in [0.2, 0.25) is 5.75 Å². The molecule has 0 saturated carbocycles. The molecule has 168 valence electrons. The Morgan fingerprint density at radius 1 is 0.935 bits per heavy atom. The topological polar surface area (TPSA) is 51.2 Å². The van der Waals surface area contributed by atoms with Crippen LogP contribution in [0.1, 0.15) is 43.6 Å². The van der Waals surface area contributed by atoms with Gasteiger partial charge in [-0.05, 0) is 45.4 Å². The Bertz CT molecular complexity index is 829. The van der Waals surface area contributed by atoms with Gasteiger partial charge in [-0.15, -0.1) is 0 Å². The molecule has 1 saturated heterocycles. The summed E-state index contributed by atoms with van der Waals surface area (Å²) in [7, 11) is 0. The van der Waals surface area contributed by atoms with E-state index in [1.54, 1.807) is 12.1 Å². The summed E-state index contributed by atoms with van der Waals surface area (Å²) in [4.78, 5) is 17.7. The third-order valence-electron chi connectivity index (χ3n) is 5.44. The number of hydrogen-bond donors (Lipinski definition) is 0. The second-order valence-corrected chi connectivity index (χ2v) is 7.66. The quantitative estimate of drug-likeness (QED) is 0.601. The summed E-state index contributed by atoms with van der Waals surface area (Å²) in [6.45, 7) is 12.5. The van der Waals surface area contributed by atoms with Gasteiger partial charge in [0.15, 0.2) is 11.5 Å². The van der Waals surface area contributed by atoms with Crippen LogP contribution in [0.15, 0.2) is 42.5 Å². The number of amides is 1. The van der Waals surface area contributed by atoms with Gasteiger partial charge in [0.25, 0.3) is 5.91 Å². The lowest BCUT2D eigenvalue weighted by Gasteiger charge is -2.40. The molecule has 2 aromatic rings. The molecule has 0 aliphatic carbocycles. The van der Waals surface area contributed by atoms with Gasteiger partial charge in [0, 0.05) is 37.8 Å². The van der Waals surface area contributed by atoms with Crippen molar-refractivity contribution in [3.63, 3.8) is 0 Å². The Kier molecular flexibility index (Phi) is 8.18. The SMILES string of the molecule is CCOc1cc(C(=O)N2CCN(Cc3ccccc3)C(C)C2)cc(OCC)c1OCC. The lowest BCUT2D eigenvalue weighted by Crippen LogP contribution is -2.53. The van der Waals surface area contributed by atoms with E-state index in [1.807, 2.05) is 31.7 Å². The number of piperazine rings is 1. The number of ether oxygens (including phenoxy) is 3. The normalized spacial score (nSPS) is 16.8. The zero-order valence-electron chi connectivity index (χ0n) is 19.1. The highest BCUT2D eigenvalue weighted by Gasteiger charge is 2.28. The monoisotopic (exact) mass is 426 g/mol. The number of carbonyl (C=O) groups excluding carboxylic acids is 1. The summed E-state index contributed by atoms with van der Waals surface area (Å²) in [5.74, 6) is 1.66. The van der Waals surface area contributed by atoms with Crippen LogP contribution in [0.2, 0.25) is 0 Å². The van der Waals surface area contributed by atoms with Crippen LogP contribution in [0.5, 0.6) is 17.2 Å². The highest BCUT2D eigenvalue weighted by Crippen LogP contribution is 2.39. The lowest BCUT2D eigenvalue weighted by atomic mass is 10.1. The fourth-order valence-electron chi connectivity index (χ4n) is 3.93. The van der Waals surface area contributed by atoms with Gasteiger partial charge in [-0.1, -0.05) is 30.3 Å². The summed E-state index contributed by atoms with van der Waals surface area (Å²) in [6, 6.07) is 14.3. The van der Waals surface area contributed by atoms with Crippen molar-refractivity contribution >= 4 is 5.91 Å².